The molecule has 20 heavy (non-hydrogen) atoms. The highest BCUT2D eigenvalue weighted by molar-refractivity contribution is 9.11. The van der Waals surface area contributed by atoms with E-state index >= 15 is 0 Å². The predicted molar refractivity (Wildman–Crippen MR) is 82.5 cm³/mol. The zero-order valence-electron chi connectivity index (χ0n) is 11.1. The van der Waals surface area contributed by atoms with E-state index in [4.69, 9.17) is 4.74 Å². The first-order valence-electron chi connectivity index (χ1n) is 5.87. The molecule has 0 unspecified atom stereocenters. The van der Waals surface area contributed by atoms with E-state index in [9.17, 15) is 9.90 Å². The van der Waals surface area contributed by atoms with Gasteiger partial charge in [0.15, 0.2) is 11.5 Å². The van der Waals surface area contributed by atoms with Gasteiger partial charge in [0.05, 0.1) is 16.5 Å². The molecule has 0 radical (unpaired) electrons. The van der Waals surface area contributed by atoms with Crippen LogP contribution in [-0.4, -0.2) is 30.1 Å². The second-order valence-electron chi connectivity index (χ2n) is 4.28. The van der Waals surface area contributed by atoms with Crippen LogP contribution in [0, 0.1) is 0 Å². The third-order valence-corrected chi connectivity index (χ3v) is 4.39. The van der Waals surface area contributed by atoms with Gasteiger partial charge in [-0.3, -0.25) is 4.79 Å². The van der Waals surface area contributed by atoms with Gasteiger partial charge in [0.25, 0.3) is 5.91 Å². The minimum Gasteiger partial charge on any atom is -0.504 e. The number of benzene rings is 1. The lowest BCUT2D eigenvalue weighted by atomic mass is 10.1. The van der Waals surface area contributed by atoms with E-state index in [1.54, 1.807) is 41.5 Å². The van der Waals surface area contributed by atoms with Gasteiger partial charge in [0.1, 0.15) is 0 Å². The van der Waals surface area contributed by atoms with Gasteiger partial charge < -0.3 is 14.7 Å². The van der Waals surface area contributed by atoms with Crippen molar-refractivity contribution in [2.24, 2.45) is 0 Å². The quantitative estimate of drug-likeness (QED) is 0.912. The molecule has 0 spiro atoms. The topological polar surface area (TPSA) is 49.8 Å². The number of halogens is 1. The van der Waals surface area contributed by atoms with Gasteiger partial charge in [-0.1, -0.05) is 6.07 Å². The van der Waals surface area contributed by atoms with Crippen LogP contribution in [0.1, 0.15) is 15.9 Å². The number of carbonyl (C=O) groups is 1. The van der Waals surface area contributed by atoms with Gasteiger partial charge >= 0.3 is 0 Å². The highest BCUT2D eigenvalue weighted by Crippen LogP contribution is 2.30. The summed E-state index contributed by atoms with van der Waals surface area (Å²) in [5, 5.41) is 12.0. The molecule has 106 valence electrons. The molecule has 0 fully saturated rings. The lowest BCUT2D eigenvalue weighted by molar-refractivity contribution is 0.0781. The fraction of sp³-hybridized carbons (Fsp3) is 0.214. The number of rotatable bonds is 4. The Morgan fingerprint density at radius 3 is 2.85 bits per heavy atom. The smallest absolute Gasteiger partial charge is 0.257 e. The third-order valence-electron chi connectivity index (χ3n) is 2.84. The van der Waals surface area contributed by atoms with E-state index in [0.717, 1.165) is 9.35 Å². The summed E-state index contributed by atoms with van der Waals surface area (Å²) in [6, 6.07) is 6.85. The second-order valence-corrected chi connectivity index (χ2v) is 6.57. The summed E-state index contributed by atoms with van der Waals surface area (Å²) in [4.78, 5) is 13.9. The fourth-order valence-corrected chi connectivity index (χ4v) is 3.04. The average Bonchev–Trinajstić information content (AvgIpc) is 2.83. The fourth-order valence-electron chi connectivity index (χ4n) is 1.84. The van der Waals surface area contributed by atoms with Gasteiger partial charge in [-0.05, 0) is 45.1 Å². The van der Waals surface area contributed by atoms with Crippen LogP contribution in [-0.2, 0) is 6.54 Å². The van der Waals surface area contributed by atoms with Gasteiger partial charge in [-0.2, -0.15) is 0 Å². The van der Waals surface area contributed by atoms with Gasteiger partial charge in [-0.25, -0.2) is 0 Å². The van der Waals surface area contributed by atoms with Crippen molar-refractivity contribution in [3.05, 3.63) is 44.6 Å². The van der Waals surface area contributed by atoms with Crippen LogP contribution in [0.5, 0.6) is 11.5 Å². The Morgan fingerprint density at radius 1 is 1.50 bits per heavy atom. The maximum Gasteiger partial charge on any atom is 0.257 e. The van der Waals surface area contributed by atoms with E-state index in [0.29, 0.717) is 12.3 Å². The van der Waals surface area contributed by atoms with Gasteiger partial charge in [-0.15, -0.1) is 11.3 Å². The highest BCUT2D eigenvalue weighted by Gasteiger charge is 2.18. The molecule has 1 aromatic heterocycles. The monoisotopic (exact) mass is 355 g/mol. The average molecular weight is 356 g/mol. The zero-order chi connectivity index (χ0) is 14.7. The van der Waals surface area contributed by atoms with Crippen LogP contribution in [0.2, 0.25) is 0 Å². The van der Waals surface area contributed by atoms with Gasteiger partial charge in [0.2, 0.25) is 0 Å². The molecule has 1 N–H and O–H groups in total. The number of phenols is 1. The first kappa shape index (κ1) is 14.9. The number of hydrogen-bond donors (Lipinski definition) is 1. The Morgan fingerprint density at radius 2 is 2.25 bits per heavy atom. The molecule has 0 aliphatic heterocycles. The summed E-state index contributed by atoms with van der Waals surface area (Å²) in [5.74, 6) is -0.0791. The van der Waals surface area contributed by atoms with Crippen LogP contribution in [0.25, 0.3) is 0 Å². The lowest BCUT2D eigenvalue weighted by Gasteiger charge is -2.17. The summed E-state index contributed by atoms with van der Waals surface area (Å²) >= 11 is 4.97. The maximum atomic E-state index is 12.3. The molecule has 0 saturated heterocycles. The maximum absolute atomic E-state index is 12.3. The molecule has 1 aromatic carbocycles. The Labute approximate surface area is 129 Å². The molecule has 0 atom stereocenters. The molecular formula is C14H14BrNO3S. The van der Waals surface area contributed by atoms with E-state index in [1.807, 2.05) is 11.4 Å². The van der Waals surface area contributed by atoms with Crippen molar-refractivity contribution in [1.82, 2.24) is 4.90 Å². The third kappa shape index (κ3) is 3.13. The Hall–Kier alpha value is -1.53. The van der Waals surface area contributed by atoms with Crippen LogP contribution >= 0.6 is 27.3 Å². The molecule has 6 heteroatoms. The Balaban J connectivity index is 2.18. The number of ether oxygens (including phenoxy) is 1. The molecule has 2 aromatic rings. The Bertz CT molecular complexity index is 627. The number of thiophene rings is 1. The number of aromatic hydroxyl groups is 1. The molecule has 2 rings (SSSR count). The SMILES string of the molecule is COc1cccc(C(=O)N(C)Cc2csc(Br)c2)c1O. The summed E-state index contributed by atoms with van der Waals surface area (Å²) in [6.07, 6.45) is 0. The molecule has 0 saturated carbocycles. The minimum atomic E-state index is -0.247. The lowest BCUT2D eigenvalue weighted by Crippen LogP contribution is -2.26. The minimum absolute atomic E-state index is 0.127. The van der Waals surface area contributed by atoms with Crippen LogP contribution < -0.4 is 4.74 Å². The number of para-hydroxylation sites is 1. The van der Waals surface area contributed by atoms with E-state index in [1.165, 1.54) is 7.11 Å². The summed E-state index contributed by atoms with van der Waals surface area (Å²) in [5.41, 5.74) is 1.28. The highest BCUT2D eigenvalue weighted by atomic mass is 79.9. The van der Waals surface area contributed by atoms with E-state index in [2.05, 4.69) is 15.9 Å². The van der Waals surface area contributed by atoms with Crippen molar-refractivity contribution in [3.8, 4) is 11.5 Å². The molecule has 4 nitrogen and oxygen atoms in total. The predicted octanol–water partition coefficient (Wildman–Crippen LogP) is 3.50. The molecule has 1 heterocycles. The van der Waals surface area contributed by atoms with Crippen LogP contribution in [0.3, 0.4) is 0 Å². The number of phenolic OH excluding ortho intramolecular Hbond substituents is 1. The van der Waals surface area contributed by atoms with Crippen molar-refractivity contribution >= 4 is 33.2 Å². The molecular weight excluding hydrogens is 342 g/mol. The number of methoxy groups -OCH3 is 1. The van der Waals surface area contributed by atoms with E-state index < -0.39 is 0 Å². The largest absolute Gasteiger partial charge is 0.504 e. The normalized spacial score (nSPS) is 10.3. The Kier molecular flexibility index (Phi) is 4.67. The summed E-state index contributed by atoms with van der Waals surface area (Å²) < 4.78 is 6.04. The van der Waals surface area contributed by atoms with Crippen molar-refractivity contribution in [1.29, 1.82) is 0 Å². The summed E-state index contributed by atoms with van der Waals surface area (Å²) in [7, 11) is 3.16. The summed E-state index contributed by atoms with van der Waals surface area (Å²) in [6.45, 7) is 0.484. The molecule has 0 aliphatic rings. The van der Waals surface area contributed by atoms with Gasteiger partial charge in [0, 0.05) is 13.6 Å². The molecule has 0 bridgehead atoms. The number of nitrogens with zero attached hydrogens (tertiary/aromatic N) is 1. The second kappa shape index (κ2) is 6.28. The zero-order valence-corrected chi connectivity index (χ0v) is 13.5. The van der Waals surface area contributed by atoms with Crippen LogP contribution in [0.15, 0.2) is 33.4 Å². The van der Waals surface area contributed by atoms with Crippen molar-refractivity contribution in [2.75, 3.05) is 14.2 Å². The van der Waals surface area contributed by atoms with Crippen molar-refractivity contribution in [2.45, 2.75) is 6.54 Å². The number of amides is 1. The first-order chi connectivity index (χ1) is 9.52. The number of hydrogen-bond acceptors (Lipinski definition) is 4. The molecule has 0 aliphatic carbocycles. The molecule has 1 amide bonds. The standard InChI is InChI=1S/C14H14BrNO3S/c1-16(7-9-6-12(15)20-8-9)14(18)10-4-3-5-11(19-2)13(10)17/h3-6,8,17H,7H2,1-2H3. The number of carbonyl (C=O) groups excluding carboxylic acids is 1. The first-order valence-corrected chi connectivity index (χ1v) is 7.54. The van der Waals surface area contributed by atoms with E-state index in [-0.39, 0.29) is 17.2 Å². The van der Waals surface area contributed by atoms with Crippen molar-refractivity contribution < 1.29 is 14.6 Å². The van der Waals surface area contributed by atoms with Crippen LogP contribution in [0.4, 0.5) is 0 Å². The van der Waals surface area contributed by atoms with Crippen molar-refractivity contribution in [3.63, 3.8) is 0 Å².